The minimum absolute atomic E-state index is 0.00319. The van der Waals surface area contributed by atoms with Crippen molar-refractivity contribution in [1.82, 2.24) is 0 Å². The maximum absolute atomic E-state index is 12.2. The van der Waals surface area contributed by atoms with Crippen molar-refractivity contribution in [2.75, 3.05) is 0 Å². The van der Waals surface area contributed by atoms with Crippen molar-refractivity contribution in [3.05, 3.63) is 22.2 Å². The standard InChI is InChI=1S/C14H20Br2O/c1-12(2,3)9-7-14(16,13(4,5)6)8-10(15)11(9)17/h7-8H,1-6H3. The Morgan fingerprint density at radius 1 is 1.06 bits per heavy atom. The van der Waals surface area contributed by atoms with Gasteiger partial charge in [0.05, 0.1) is 8.81 Å². The molecule has 0 saturated carbocycles. The quantitative estimate of drug-likeness (QED) is 0.553. The first-order chi connectivity index (χ1) is 7.38. The molecule has 0 spiro atoms. The molecule has 0 saturated heterocycles. The minimum atomic E-state index is -0.282. The molecule has 0 aromatic heterocycles. The van der Waals surface area contributed by atoms with E-state index in [4.69, 9.17) is 0 Å². The van der Waals surface area contributed by atoms with E-state index >= 15 is 0 Å². The van der Waals surface area contributed by atoms with Crippen LogP contribution in [-0.2, 0) is 4.79 Å². The SMILES string of the molecule is CC(C)(C)C1=CC(Br)(C(C)(C)C)C=C(Br)C1=O. The Morgan fingerprint density at radius 3 is 1.88 bits per heavy atom. The number of halogens is 2. The summed E-state index contributed by atoms with van der Waals surface area (Å²) in [6.07, 6.45) is 4.03. The summed E-state index contributed by atoms with van der Waals surface area (Å²) in [5, 5.41) is 0. The van der Waals surface area contributed by atoms with E-state index in [1.807, 2.05) is 6.08 Å². The van der Waals surface area contributed by atoms with Gasteiger partial charge in [0.15, 0.2) is 5.78 Å². The van der Waals surface area contributed by atoms with Gasteiger partial charge in [0.1, 0.15) is 0 Å². The van der Waals surface area contributed by atoms with E-state index in [0.717, 1.165) is 5.57 Å². The monoisotopic (exact) mass is 362 g/mol. The average molecular weight is 364 g/mol. The number of allylic oxidation sites excluding steroid dienone is 4. The van der Waals surface area contributed by atoms with E-state index in [1.54, 1.807) is 0 Å². The zero-order chi connectivity index (χ0) is 13.6. The van der Waals surface area contributed by atoms with Gasteiger partial charge in [-0.3, -0.25) is 4.79 Å². The second kappa shape index (κ2) is 4.34. The Labute approximate surface area is 121 Å². The fourth-order valence-electron chi connectivity index (χ4n) is 1.69. The van der Waals surface area contributed by atoms with Gasteiger partial charge >= 0.3 is 0 Å². The average Bonchev–Trinajstić information content (AvgIpc) is 2.07. The minimum Gasteiger partial charge on any atom is -0.288 e. The van der Waals surface area contributed by atoms with Crippen LogP contribution in [0.2, 0.25) is 0 Å². The molecule has 0 N–H and O–H groups in total. The number of ketones is 1. The van der Waals surface area contributed by atoms with Crippen LogP contribution < -0.4 is 0 Å². The van der Waals surface area contributed by atoms with E-state index in [0.29, 0.717) is 4.48 Å². The molecule has 0 aromatic rings. The Balaban J connectivity index is 3.39. The van der Waals surface area contributed by atoms with E-state index < -0.39 is 0 Å². The van der Waals surface area contributed by atoms with Crippen LogP contribution in [-0.4, -0.2) is 10.1 Å². The van der Waals surface area contributed by atoms with E-state index in [-0.39, 0.29) is 20.9 Å². The lowest BCUT2D eigenvalue weighted by molar-refractivity contribution is -0.112. The summed E-state index contributed by atoms with van der Waals surface area (Å²) in [5.74, 6) is 0.0943. The fourth-order valence-corrected chi connectivity index (χ4v) is 3.03. The van der Waals surface area contributed by atoms with Gasteiger partial charge in [0.25, 0.3) is 0 Å². The molecule has 0 bridgehead atoms. The first kappa shape index (κ1) is 15.2. The molecule has 1 unspecified atom stereocenters. The van der Waals surface area contributed by atoms with Crippen LogP contribution in [0, 0.1) is 10.8 Å². The van der Waals surface area contributed by atoms with Crippen LogP contribution in [0.15, 0.2) is 22.2 Å². The van der Waals surface area contributed by atoms with Gasteiger partial charge in [0.2, 0.25) is 0 Å². The van der Waals surface area contributed by atoms with Gasteiger partial charge < -0.3 is 0 Å². The second-order valence-electron chi connectivity index (χ2n) is 6.65. The smallest absolute Gasteiger partial charge is 0.195 e. The third-order valence-electron chi connectivity index (χ3n) is 3.11. The van der Waals surface area contributed by atoms with E-state index in [2.05, 4.69) is 79.5 Å². The van der Waals surface area contributed by atoms with Crippen molar-refractivity contribution in [3.8, 4) is 0 Å². The molecule has 1 aliphatic rings. The van der Waals surface area contributed by atoms with E-state index in [1.165, 1.54) is 0 Å². The van der Waals surface area contributed by atoms with Crippen LogP contribution in [0.4, 0.5) is 0 Å². The largest absolute Gasteiger partial charge is 0.288 e. The van der Waals surface area contributed by atoms with E-state index in [9.17, 15) is 4.79 Å². The molecule has 0 amide bonds. The summed E-state index contributed by atoms with van der Waals surface area (Å²) in [4.78, 5) is 12.2. The molecule has 1 nitrogen and oxygen atoms in total. The van der Waals surface area contributed by atoms with Gasteiger partial charge in [-0.25, -0.2) is 0 Å². The fraction of sp³-hybridized carbons (Fsp3) is 0.643. The highest BCUT2D eigenvalue weighted by Gasteiger charge is 2.42. The highest BCUT2D eigenvalue weighted by atomic mass is 79.9. The summed E-state index contributed by atoms with van der Waals surface area (Å²) in [6, 6.07) is 0. The van der Waals surface area contributed by atoms with Gasteiger partial charge in [-0.15, -0.1) is 0 Å². The van der Waals surface area contributed by atoms with Crippen molar-refractivity contribution in [1.29, 1.82) is 0 Å². The summed E-state index contributed by atoms with van der Waals surface area (Å²) in [6.45, 7) is 12.7. The lowest BCUT2D eigenvalue weighted by Gasteiger charge is -2.40. The Kier molecular flexibility index (Phi) is 3.87. The van der Waals surface area contributed by atoms with Crippen molar-refractivity contribution in [3.63, 3.8) is 0 Å². The summed E-state index contributed by atoms with van der Waals surface area (Å²) >= 11 is 7.18. The van der Waals surface area contributed by atoms with Crippen LogP contribution in [0.3, 0.4) is 0 Å². The van der Waals surface area contributed by atoms with Crippen LogP contribution in [0.1, 0.15) is 41.5 Å². The molecule has 0 heterocycles. The second-order valence-corrected chi connectivity index (χ2v) is 8.81. The molecule has 3 heteroatoms. The van der Waals surface area contributed by atoms with Gasteiger partial charge in [0, 0.05) is 5.57 Å². The van der Waals surface area contributed by atoms with Crippen molar-refractivity contribution in [2.24, 2.45) is 10.8 Å². The molecule has 1 atom stereocenters. The first-order valence-corrected chi connectivity index (χ1v) is 7.32. The molecule has 0 radical (unpaired) electrons. The van der Waals surface area contributed by atoms with Crippen LogP contribution in [0.5, 0.6) is 0 Å². The molecule has 1 aliphatic carbocycles. The molecule has 0 fully saturated rings. The summed E-state index contributed by atoms with van der Waals surface area (Å²) in [7, 11) is 0. The number of rotatable bonds is 0. The van der Waals surface area contributed by atoms with Crippen molar-refractivity contribution in [2.45, 2.75) is 45.9 Å². The molecule has 0 aromatic carbocycles. The molecule has 96 valence electrons. The van der Waals surface area contributed by atoms with Gasteiger partial charge in [-0.2, -0.15) is 0 Å². The summed E-state index contributed by atoms with van der Waals surface area (Å²) < 4.78 is 0.367. The zero-order valence-corrected chi connectivity index (χ0v) is 14.5. The maximum atomic E-state index is 12.2. The molecular weight excluding hydrogens is 344 g/mol. The number of hydrogen-bond donors (Lipinski definition) is 0. The van der Waals surface area contributed by atoms with Crippen LogP contribution in [0.25, 0.3) is 0 Å². The molecular formula is C14H20Br2O. The molecule has 17 heavy (non-hydrogen) atoms. The predicted molar refractivity (Wildman–Crippen MR) is 80.7 cm³/mol. The number of Topliss-reactive ketones (excluding diaryl/α,β-unsaturated/α-hetero) is 1. The highest BCUT2D eigenvalue weighted by Crippen LogP contribution is 2.47. The number of carbonyl (C=O) groups excluding carboxylic acids is 1. The summed E-state index contributed by atoms with van der Waals surface area (Å²) in [5.41, 5.74) is 0.719. The van der Waals surface area contributed by atoms with Crippen molar-refractivity contribution < 1.29 is 4.79 Å². The predicted octanol–water partition coefficient (Wildman–Crippen LogP) is 5.00. The third kappa shape index (κ3) is 2.93. The zero-order valence-electron chi connectivity index (χ0n) is 11.3. The Hall–Kier alpha value is 0.110. The number of hydrogen-bond acceptors (Lipinski definition) is 1. The van der Waals surface area contributed by atoms with Gasteiger partial charge in [-0.1, -0.05) is 63.5 Å². The lowest BCUT2D eigenvalue weighted by Crippen LogP contribution is -2.38. The Bertz CT molecular complexity index is 405. The van der Waals surface area contributed by atoms with Crippen LogP contribution >= 0.6 is 31.9 Å². The van der Waals surface area contributed by atoms with Crippen molar-refractivity contribution >= 4 is 37.6 Å². The highest BCUT2D eigenvalue weighted by molar-refractivity contribution is 9.12. The number of alkyl halides is 1. The third-order valence-corrected chi connectivity index (χ3v) is 5.35. The lowest BCUT2D eigenvalue weighted by atomic mass is 9.72. The first-order valence-electron chi connectivity index (χ1n) is 5.74. The number of carbonyl (C=O) groups is 1. The maximum Gasteiger partial charge on any atom is 0.195 e. The Morgan fingerprint density at radius 2 is 1.53 bits per heavy atom. The van der Waals surface area contributed by atoms with Gasteiger partial charge in [-0.05, 0) is 32.8 Å². The molecule has 1 rings (SSSR count). The normalized spacial score (nSPS) is 26.7. The molecule has 0 aliphatic heterocycles. The topological polar surface area (TPSA) is 17.1 Å².